The van der Waals surface area contributed by atoms with Crippen LogP contribution in [0.1, 0.15) is 43.6 Å². The van der Waals surface area contributed by atoms with Crippen molar-refractivity contribution in [3.8, 4) is 0 Å². The van der Waals surface area contributed by atoms with Crippen molar-refractivity contribution in [2.75, 3.05) is 0 Å². The van der Waals surface area contributed by atoms with E-state index in [2.05, 4.69) is 5.32 Å². The number of amides is 1. The topological polar surface area (TPSA) is 81.7 Å². The second kappa shape index (κ2) is 10.4. The number of rotatable bonds is 7. The number of ether oxygens (including phenoxy) is 2. The third kappa shape index (κ3) is 7.91. The minimum Gasteiger partial charge on any atom is -0.444 e. The Balaban J connectivity index is 2.11. The van der Waals surface area contributed by atoms with Crippen LogP contribution in [0.5, 0.6) is 0 Å². The predicted molar refractivity (Wildman–Crippen MR) is 114 cm³/mol. The van der Waals surface area contributed by atoms with Crippen molar-refractivity contribution in [3.63, 3.8) is 0 Å². The van der Waals surface area contributed by atoms with E-state index in [0.717, 1.165) is 5.56 Å². The van der Waals surface area contributed by atoms with Crippen LogP contribution in [0.2, 0.25) is 0 Å². The molecule has 0 unspecified atom stereocenters. The lowest BCUT2D eigenvalue weighted by Gasteiger charge is -2.23. The van der Waals surface area contributed by atoms with Crippen LogP contribution >= 0.6 is 0 Å². The van der Waals surface area contributed by atoms with E-state index in [1.807, 2.05) is 36.4 Å². The highest BCUT2D eigenvalue weighted by Crippen LogP contribution is 2.11. The van der Waals surface area contributed by atoms with E-state index in [0.29, 0.717) is 5.56 Å². The molecule has 0 saturated heterocycles. The van der Waals surface area contributed by atoms with Gasteiger partial charge in [-0.05, 0) is 33.3 Å². The molecule has 0 aliphatic rings. The van der Waals surface area contributed by atoms with E-state index in [1.54, 1.807) is 45.0 Å². The molecular weight excluding hydrogens is 382 g/mol. The number of alkyl carbamates (subject to hydrolysis) is 1. The molecule has 0 spiro atoms. The van der Waals surface area contributed by atoms with E-state index >= 15 is 0 Å². The Morgan fingerprint density at radius 1 is 0.967 bits per heavy atom. The van der Waals surface area contributed by atoms with Crippen molar-refractivity contribution in [2.45, 2.75) is 45.8 Å². The lowest BCUT2D eigenvalue weighted by molar-refractivity contribution is -0.141. The fourth-order valence-corrected chi connectivity index (χ4v) is 2.62. The number of hydrogen-bond donors (Lipinski definition) is 1. The minimum atomic E-state index is -0.975. The van der Waals surface area contributed by atoms with Crippen LogP contribution in [-0.4, -0.2) is 29.5 Å². The molecule has 1 atom stereocenters. The molecule has 0 bridgehead atoms. The van der Waals surface area contributed by atoms with Gasteiger partial charge in [0.05, 0.1) is 0 Å². The molecule has 2 aromatic carbocycles. The molecule has 0 aliphatic heterocycles. The van der Waals surface area contributed by atoms with E-state index in [-0.39, 0.29) is 18.0 Å². The fraction of sp³-hybridized carbons (Fsp3) is 0.292. The highest BCUT2D eigenvalue weighted by Gasteiger charge is 2.26. The van der Waals surface area contributed by atoms with E-state index < -0.39 is 23.7 Å². The van der Waals surface area contributed by atoms with Crippen LogP contribution in [0.25, 0.3) is 0 Å². The lowest BCUT2D eigenvalue weighted by atomic mass is 10.1. The first-order chi connectivity index (χ1) is 14.1. The molecule has 158 valence electrons. The number of hydrogen-bond acceptors (Lipinski definition) is 5. The SMILES string of the molecule is CC(=CC(=O)c1ccccc1)OC(=O)[C@H](Cc1ccccc1)NC(=O)OC(C)(C)C. The monoisotopic (exact) mass is 409 g/mol. The molecule has 0 radical (unpaired) electrons. The van der Waals surface area contributed by atoms with Crippen LogP contribution in [0.15, 0.2) is 72.5 Å². The van der Waals surface area contributed by atoms with Gasteiger partial charge in [-0.15, -0.1) is 0 Å². The number of carbonyl (C=O) groups excluding carboxylic acids is 3. The van der Waals surface area contributed by atoms with Gasteiger partial charge in [-0.2, -0.15) is 0 Å². The van der Waals surface area contributed by atoms with Crippen molar-refractivity contribution >= 4 is 17.8 Å². The second-order valence-electron chi connectivity index (χ2n) is 7.79. The van der Waals surface area contributed by atoms with Crippen molar-refractivity contribution in [2.24, 2.45) is 0 Å². The number of benzene rings is 2. The van der Waals surface area contributed by atoms with Gasteiger partial charge in [0.2, 0.25) is 0 Å². The summed E-state index contributed by atoms with van der Waals surface area (Å²) in [5.41, 5.74) is 0.626. The third-order valence-corrected chi connectivity index (χ3v) is 3.91. The molecule has 0 aromatic heterocycles. The Hall–Kier alpha value is -3.41. The van der Waals surface area contributed by atoms with Crippen LogP contribution in [0.4, 0.5) is 4.79 Å². The quantitative estimate of drug-likeness (QED) is 0.316. The van der Waals surface area contributed by atoms with Gasteiger partial charge in [-0.25, -0.2) is 9.59 Å². The molecule has 0 fully saturated rings. The Morgan fingerprint density at radius 3 is 2.10 bits per heavy atom. The summed E-state index contributed by atoms with van der Waals surface area (Å²) in [6.45, 7) is 6.73. The Morgan fingerprint density at radius 2 is 1.53 bits per heavy atom. The standard InChI is InChI=1S/C24H27NO5/c1-17(15-21(26)19-13-9-6-10-14-19)29-22(27)20(16-18-11-7-5-8-12-18)25-23(28)30-24(2,3)4/h5-15,20H,16H2,1-4H3,(H,25,28)/t20-/m0/s1. The normalized spacial score (nSPS) is 12.6. The molecule has 0 heterocycles. The summed E-state index contributed by atoms with van der Waals surface area (Å²) in [7, 11) is 0. The number of esters is 1. The second-order valence-corrected chi connectivity index (χ2v) is 7.79. The summed E-state index contributed by atoms with van der Waals surface area (Å²) in [6.07, 6.45) is 0.751. The number of carbonyl (C=O) groups is 3. The van der Waals surface area contributed by atoms with Gasteiger partial charge < -0.3 is 14.8 Å². The maximum atomic E-state index is 12.7. The molecule has 6 nitrogen and oxygen atoms in total. The van der Waals surface area contributed by atoms with Gasteiger partial charge in [0.25, 0.3) is 0 Å². The van der Waals surface area contributed by atoms with Gasteiger partial charge in [-0.1, -0.05) is 60.7 Å². The zero-order valence-corrected chi connectivity index (χ0v) is 17.7. The smallest absolute Gasteiger partial charge is 0.408 e. The highest BCUT2D eigenvalue weighted by atomic mass is 16.6. The van der Waals surface area contributed by atoms with Crippen molar-refractivity contribution in [1.29, 1.82) is 0 Å². The fourth-order valence-electron chi connectivity index (χ4n) is 2.62. The Kier molecular flexibility index (Phi) is 7.92. The third-order valence-electron chi connectivity index (χ3n) is 3.91. The van der Waals surface area contributed by atoms with E-state index in [9.17, 15) is 14.4 Å². The maximum Gasteiger partial charge on any atom is 0.408 e. The van der Waals surface area contributed by atoms with Gasteiger partial charge in [0, 0.05) is 18.1 Å². The van der Waals surface area contributed by atoms with Gasteiger partial charge >= 0.3 is 12.1 Å². The predicted octanol–water partition coefficient (Wildman–Crippen LogP) is 4.45. The first-order valence-electron chi connectivity index (χ1n) is 9.67. The molecule has 0 saturated carbocycles. The summed E-state index contributed by atoms with van der Waals surface area (Å²) < 4.78 is 10.6. The molecule has 2 aromatic rings. The first kappa shape index (κ1) is 22.9. The van der Waals surface area contributed by atoms with Gasteiger partial charge in [0.1, 0.15) is 17.4 Å². The Bertz CT molecular complexity index is 898. The van der Waals surface area contributed by atoms with Gasteiger partial charge in [-0.3, -0.25) is 4.79 Å². The van der Waals surface area contributed by atoms with E-state index in [4.69, 9.17) is 9.47 Å². The summed E-state index contributed by atoms with van der Waals surface area (Å²) in [4.78, 5) is 37.2. The molecule has 0 aliphatic carbocycles. The molecule has 2 rings (SSSR count). The average Bonchev–Trinajstić information content (AvgIpc) is 2.67. The molecular formula is C24H27NO5. The van der Waals surface area contributed by atoms with E-state index in [1.165, 1.54) is 13.0 Å². The van der Waals surface area contributed by atoms with Crippen LogP contribution in [-0.2, 0) is 20.7 Å². The maximum absolute atomic E-state index is 12.7. The number of allylic oxidation sites excluding steroid dienone is 2. The molecule has 30 heavy (non-hydrogen) atoms. The molecule has 1 amide bonds. The van der Waals surface area contributed by atoms with Crippen LogP contribution in [0.3, 0.4) is 0 Å². The largest absolute Gasteiger partial charge is 0.444 e. The zero-order chi connectivity index (χ0) is 22.1. The van der Waals surface area contributed by atoms with Crippen molar-refractivity contribution < 1.29 is 23.9 Å². The van der Waals surface area contributed by atoms with Gasteiger partial charge in [0.15, 0.2) is 5.78 Å². The van der Waals surface area contributed by atoms with Crippen molar-refractivity contribution in [3.05, 3.63) is 83.6 Å². The Labute approximate surface area is 176 Å². The minimum absolute atomic E-state index is 0.137. The summed E-state index contributed by atoms with van der Waals surface area (Å²) in [5.74, 6) is -0.821. The van der Waals surface area contributed by atoms with Crippen LogP contribution in [0, 0.1) is 0 Å². The first-order valence-corrected chi connectivity index (χ1v) is 9.67. The van der Waals surface area contributed by atoms with Crippen LogP contribution < -0.4 is 5.32 Å². The summed E-state index contributed by atoms with van der Waals surface area (Å²) >= 11 is 0. The number of nitrogens with one attached hydrogen (secondary N) is 1. The lowest BCUT2D eigenvalue weighted by Crippen LogP contribution is -2.45. The molecule has 6 heteroatoms. The summed E-state index contributed by atoms with van der Waals surface area (Å²) in [6, 6.07) is 16.9. The average molecular weight is 409 g/mol. The molecule has 1 N–H and O–H groups in total. The van der Waals surface area contributed by atoms with Crippen molar-refractivity contribution in [1.82, 2.24) is 5.32 Å². The summed E-state index contributed by atoms with van der Waals surface area (Å²) in [5, 5.41) is 2.56. The highest BCUT2D eigenvalue weighted by molar-refractivity contribution is 6.04. The number of ketones is 1. The zero-order valence-electron chi connectivity index (χ0n) is 17.7.